The van der Waals surface area contributed by atoms with E-state index in [0.29, 0.717) is 22.8 Å². The monoisotopic (exact) mass is 318 g/mol. The first-order chi connectivity index (χ1) is 10.2. The van der Waals surface area contributed by atoms with Gasteiger partial charge in [0.05, 0.1) is 16.9 Å². The highest BCUT2D eigenvalue weighted by molar-refractivity contribution is 7.99. The zero-order chi connectivity index (χ0) is 15.1. The number of hydrogen-bond donors (Lipinski definition) is 1. The molecule has 0 fully saturated rings. The molecule has 2 nitrogen and oxygen atoms in total. The Morgan fingerprint density at radius 3 is 2.43 bits per heavy atom. The Bertz CT molecular complexity index is 638. The number of carbonyl (C=O) groups excluding carboxylic acids is 1. The van der Waals surface area contributed by atoms with Crippen LogP contribution < -0.4 is 0 Å². The van der Waals surface area contributed by atoms with Gasteiger partial charge >= 0.3 is 0 Å². The van der Waals surface area contributed by atoms with E-state index in [1.165, 1.54) is 11.8 Å². The summed E-state index contributed by atoms with van der Waals surface area (Å²) in [5, 5.41) is 9.99. The fourth-order valence-corrected chi connectivity index (χ4v) is 3.06. The van der Waals surface area contributed by atoms with Crippen LogP contribution in [0.15, 0.2) is 65.8 Å². The van der Waals surface area contributed by atoms with E-state index >= 15 is 0 Å². The minimum atomic E-state index is -0.0803. The van der Waals surface area contributed by atoms with Crippen molar-refractivity contribution in [2.75, 3.05) is 5.75 Å². The second-order valence-corrected chi connectivity index (χ2v) is 5.90. The topological polar surface area (TPSA) is 37.3 Å². The van der Waals surface area contributed by atoms with E-state index in [1.807, 2.05) is 42.5 Å². The Kier molecular flexibility index (Phi) is 5.90. The number of rotatable bonds is 6. The lowest BCUT2D eigenvalue weighted by atomic mass is 10.0. The quantitative estimate of drug-likeness (QED) is 0.463. The van der Waals surface area contributed by atoms with Crippen LogP contribution in [0.2, 0.25) is 5.02 Å². The number of carbonyl (C=O) groups is 1. The van der Waals surface area contributed by atoms with E-state index in [-0.39, 0.29) is 5.78 Å². The maximum Gasteiger partial charge on any atom is 0.167 e. The third-order valence-corrected chi connectivity index (χ3v) is 4.45. The number of benzene rings is 2. The number of allylic oxidation sites excluding steroid dienone is 1. The number of aliphatic hydroxyl groups excluding tert-OH is 1. The summed E-state index contributed by atoms with van der Waals surface area (Å²) in [6, 6.07) is 16.7. The predicted octanol–water partition coefficient (Wildman–Crippen LogP) is 4.99. The van der Waals surface area contributed by atoms with Crippen molar-refractivity contribution in [3.05, 3.63) is 71.4 Å². The SMILES string of the molecule is O=C(CCSc1ccccc1Cl)/C(=C\O)c1ccccc1. The lowest BCUT2D eigenvalue weighted by Gasteiger charge is -2.06. The number of aliphatic hydroxyl groups is 1. The number of ketones is 1. The highest BCUT2D eigenvalue weighted by atomic mass is 35.5. The molecule has 2 aromatic carbocycles. The molecule has 0 bridgehead atoms. The van der Waals surface area contributed by atoms with Gasteiger partial charge < -0.3 is 5.11 Å². The minimum Gasteiger partial charge on any atom is -0.515 e. The zero-order valence-electron chi connectivity index (χ0n) is 11.3. The number of halogens is 1. The van der Waals surface area contributed by atoms with Gasteiger partial charge in [-0.25, -0.2) is 0 Å². The first kappa shape index (κ1) is 15.7. The van der Waals surface area contributed by atoms with Gasteiger partial charge in [-0.3, -0.25) is 4.79 Å². The second kappa shape index (κ2) is 7.91. The summed E-state index contributed by atoms with van der Waals surface area (Å²) in [4.78, 5) is 13.1. The lowest BCUT2D eigenvalue weighted by Crippen LogP contribution is -2.03. The molecule has 0 amide bonds. The third kappa shape index (κ3) is 4.38. The molecule has 21 heavy (non-hydrogen) atoms. The van der Waals surface area contributed by atoms with E-state index in [4.69, 9.17) is 11.6 Å². The Balaban J connectivity index is 1.94. The van der Waals surface area contributed by atoms with Gasteiger partial charge in [0.25, 0.3) is 0 Å². The maximum atomic E-state index is 12.2. The molecule has 2 rings (SSSR count). The highest BCUT2D eigenvalue weighted by Crippen LogP contribution is 2.27. The molecule has 0 aliphatic carbocycles. The van der Waals surface area contributed by atoms with Crippen molar-refractivity contribution in [3.8, 4) is 0 Å². The van der Waals surface area contributed by atoms with Crippen molar-refractivity contribution in [1.82, 2.24) is 0 Å². The molecule has 0 heterocycles. The van der Waals surface area contributed by atoms with Gasteiger partial charge in [0.15, 0.2) is 5.78 Å². The summed E-state index contributed by atoms with van der Waals surface area (Å²) in [7, 11) is 0. The molecule has 1 N–H and O–H groups in total. The van der Waals surface area contributed by atoms with Crippen molar-refractivity contribution >= 4 is 34.7 Å². The molecular weight excluding hydrogens is 304 g/mol. The fraction of sp³-hybridized carbons (Fsp3) is 0.118. The third-order valence-electron chi connectivity index (χ3n) is 2.94. The number of thioether (sulfide) groups is 1. The average molecular weight is 319 g/mol. The largest absolute Gasteiger partial charge is 0.515 e. The normalized spacial score (nSPS) is 11.4. The Labute approximate surface area is 133 Å². The Morgan fingerprint density at radius 2 is 1.76 bits per heavy atom. The molecule has 0 radical (unpaired) electrons. The standard InChI is InChI=1S/C17H15ClO2S/c18-15-8-4-5-9-17(15)21-11-10-16(20)14(12-19)13-6-2-1-3-7-13/h1-9,12,19H,10-11H2/b14-12-. The average Bonchev–Trinajstić information content (AvgIpc) is 2.51. The zero-order valence-corrected chi connectivity index (χ0v) is 12.9. The summed E-state index contributed by atoms with van der Waals surface area (Å²) >= 11 is 7.60. The molecule has 0 spiro atoms. The summed E-state index contributed by atoms with van der Waals surface area (Å²) < 4.78 is 0. The van der Waals surface area contributed by atoms with E-state index < -0.39 is 0 Å². The van der Waals surface area contributed by atoms with Gasteiger partial charge in [-0.1, -0.05) is 54.1 Å². The summed E-state index contributed by atoms with van der Waals surface area (Å²) in [5.41, 5.74) is 1.07. The van der Waals surface area contributed by atoms with Crippen LogP contribution in [-0.2, 0) is 4.79 Å². The van der Waals surface area contributed by atoms with E-state index in [1.54, 1.807) is 12.1 Å². The van der Waals surface area contributed by atoms with Gasteiger partial charge in [0, 0.05) is 17.1 Å². The molecule has 108 valence electrons. The summed E-state index contributed by atoms with van der Waals surface area (Å²) in [6.45, 7) is 0. The van der Waals surface area contributed by atoms with E-state index in [0.717, 1.165) is 16.7 Å². The van der Waals surface area contributed by atoms with Crippen LogP contribution in [0.3, 0.4) is 0 Å². The van der Waals surface area contributed by atoms with Crippen LogP contribution >= 0.6 is 23.4 Å². The molecule has 0 aliphatic heterocycles. The second-order valence-electron chi connectivity index (χ2n) is 4.36. The van der Waals surface area contributed by atoms with Gasteiger partial charge in [-0.05, 0) is 17.7 Å². The van der Waals surface area contributed by atoms with Crippen LogP contribution in [0.25, 0.3) is 5.57 Å². The molecular formula is C17H15ClO2S. The van der Waals surface area contributed by atoms with Crippen molar-refractivity contribution in [1.29, 1.82) is 0 Å². The molecule has 0 saturated carbocycles. The summed E-state index contributed by atoms with van der Waals surface area (Å²) in [6.07, 6.45) is 1.23. The molecule has 0 aliphatic rings. The van der Waals surface area contributed by atoms with Gasteiger partial charge in [-0.2, -0.15) is 0 Å². The van der Waals surface area contributed by atoms with Crippen LogP contribution in [0.4, 0.5) is 0 Å². The number of hydrogen-bond acceptors (Lipinski definition) is 3. The van der Waals surface area contributed by atoms with Crippen molar-refractivity contribution in [3.63, 3.8) is 0 Å². The Hall–Kier alpha value is -1.71. The first-order valence-electron chi connectivity index (χ1n) is 6.52. The maximum absolute atomic E-state index is 12.2. The van der Waals surface area contributed by atoms with E-state index in [2.05, 4.69) is 0 Å². The molecule has 0 saturated heterocycles. The van der Waals surface area contributed by atoms with Crippen LogP contribution in [0, 0.1) is 0 Å². The minimum absolute atomic E-state index is 0.0803. The van der Waals surface area contributed by atoms with Crippen molar-refractivity contribution in [2.24, 2.45) is 0 Å². The highest BCUT2D eigenvalue weighted by Gasteiger charge is 2.12. The molecule has 0 atom stereocenters. The summed E-state index contributed by atoms with van der Waals surface area (Å²) in [5.74, 6) is 0.537. The van der Waals surface area contributed by atoms with Gasteiger partial charge in [0.2, 0.25) is 0 Å². The van der Waals surface area contributed by atoms with Crippen LogP contribution in [-0.4, -0.2) is 16.6 Å². The van der Waals surface area contributed by atoms with Crippen LogP contribution in [0.1, 0.15) is 12.0 Å². The molecule has 4 heteroatoms. The fourth-order valence-electron chi connectivity index (χ4n) is 1.88. The molecule has 0 aromatic heterocycles. The van der Waals surface area contributed by atoms with Gasteiger partial charge in [-0.15, -0.1) is 11.8 Å². The van der Waals surface area contributed by atoms with Crippen molar-refractivity contribution in [2.45, 2.75) is 11.3 Å². The van der Waals surface area contributed by atoms with Gasteiger partial charge in [0.1, 0.15) is 0 Å². The Morgan fingerprint density at radius 1 is 1.10 bits per heavy atom. The molecule has 0 unspecified atom stereocenters. The predicted molar refractivity (Wildman–Crippen MR) is 88.8 cm³/mol. The lowest BCUT2D eigenvalue weighted by molar-refractivity contribution is -0.113. The number of Topliss-reactive ketones (excluding diaryl/α,β-unsaturated/α-hetero) is 1. The van der Waals surface area contributed by atoms with E-state index in [9.17, 15) is 9.90 Å². The molecule has 2 aromatic rings. The van der Waals surface area contributed by atoms with Crippen molar-refractivity contribution < 1.29 is 9.90 Å². The first-order valence-corrected chi connectivity index (χ1v) is 7.89. The smallest absolute Gasteiger partial charge is 0.167 e. The van der Waals surface area contributed by atoms with Crippen LogP contribution in [0.5, 0.6) is 0 Å².